The normalized spacial score (nSPS) is 12.1. The highest BCUT2D eigenvalue weighted by atomic mass is 32.2. The number of carbonyl (C=O) groups is 2. The Bertz CT molecular complexity index is 657. The number of hydrogen-bond acceptors (Lipinski definition) is 7. The fourth-order valence-corrected chi connectivity index (χ4v) is 3.01. The molecule has 2 heterocycles. The maximum atomic E-state index is 11.7. The second-order valence-electron chi connectivity index (χ2n) is 3.86. The van der Waals surface area contributed by atoms with Crippen molar-refractivity contribution in [3.63, 3.8) is 0 Å². The molecule has 0 aliphatic carbocycles. The number of thioether (sulfide) groups is 1. The maximum Gasteiger partial charge on any atom is 0.321 e. The van der Waals surface area contributed by atoms with Crippen molar-refractivity contribution < 1.29 is 9.59 Å². The lowest BCUT2D eigenvalue weighted by molar-refractivity contribution is -0.119. The molecule has 0 radical (unpaired) electrons. The van der Waals surface area contributed by atoms with E-state index in [1.807, 2.05) is 11.4 Å². The van der Waals surface area contributed by atoms with E-state index in [1.54, 1.807) is 6.92 Å². The molecular formula is C11H13N5O2S2. The summed E-state index contributed by atoms with van der Waals surface area (Å²) in [5.41, 5.74) is 5.83. The van der Waals surface area contributed by atoms with Crippen LogP contribution in [0.4, 0.5) is 10.6 Å². The standard InChI is InChI=1S/C11H13N5O2S2/c1-5(8(17)15-10(18)13-2)20-11-14-7(12)6-3-4-19-9(6)16-11/h3-5H,1-2H3,(H2,12,14,16)(H2,13,15,17,18). The molecule has 2 aromatic rings. The van der Waals surface area contributed by atoms with Gasteiger partial charge in [-0.3, -0.25) is 10.1 Å². The van der Waals surface area contributed by atoms with Crippen molar-refractivity contribution in [1.82, 2.24) is 20.6 Å². The summed E-state index contributed by atoms with van der Waals surface area (Å²) in [6, 6.07) is 1.31. The molecule has 7 nitrogen and oxygen atoms in total. The molecule has 0 aromatic carbocycles. The zero-order valence-electron chi connectivity index (χ0n) is 10.8. The summed E-state index contributed by atoms with van der Waals surface area (Å²) < 4.78 is 0. The van der Waals surface area contributed by atoms with E-state index in [0.29, 0.717) is 11.0 Å². The summed E-state index contributed by atoms with van der Waals surface area (Å²) in [5, 5.41) is 7.11. The summed E-state index contributed by atoms with van der Waals surface area (Å²) in [5.74, 6) is -0.0274. The van der Waals surface area contributed by atoms with Crippen LogP contribution < -0.4 is 16.4 Å². The van der Waals surface area contributed by atoms with Crippen LogP contribution in [0, 0.1) is 0 Å². The van der Waals surface area contributed by atoms with Gasteiger partial charge < -0.3 is 11.1 Å². The molecule has 4 N–H and O–H groups in total. The zero-order chi connectivity index (χ0) is 14.7. The molecule has 2 aromatic heterocycles. The van der Waals surface area contributed by atoms with Gasteiger partial charge in [-0.1, -0.05) is 11.8 Å². The quantitative estimate of drug-likeness (QED) is 0.580. The molecule has 20 heavy (non-hydrogen) atoms. The van der Waals surface area contributed by atoms with E-state index in [9.17, 15) is 9.59 Å². The van der Waals surface area contributed by atoms with Crippen molar-refractivity contribution in [2.45, 2.75) is 17.3 Å². The van der Waals surface area contributed by atoms with Gasteiger partial charge in [0.05, 0.1) is 10.6 Å². The van der Waals surface area contributed by atoms with Crippen LogP contribution in [0.3, 0.4) is 0 Å². The van der Waals surface area contributed by atoms with Gasteiger partial charge in [0.1, 0.15) is 10.6 Å². The lowest BCUT2D eigenvalue weighted by Crippen LogP contribution is -2.41. The zero-order valence-corrected chi connectivity index (χ0v) is 12.5. The SMILES string of the molecule is CNC(=O)NC(=O)C(C)Sc1nc(N)c2ccsc2n1. The third-order valence-corrected chi connectivity index (χ3v) is 4.22. The highest BCUT2D eigenvalue weighted by Crippen LogP contribution is 2.27. The molecule has 0 fully saturated rings. The van der Waals surface area contributed by atoms with Crippen LogP contribution in [0.2, 0.25) is 0 Å². The molecule has 0 saturated carbocycles. The van der Waals surface area contributed by atoms with Crippen LogP contribution in [-0.4, -0.2) is 34.2 Å². The lowest BCUT2D eigenvalue weighted by atomic mass is 10.4. The third-order valence-electron chi connectivity index (χ3n) is 2.45. The third kappa shape index (κ3) is 3.17. The number of fused-ring (bicyclic) bond motifs is 1. The van der Waals surface area contributed by atoms with E-state index in [-0.39, 0.29) is 0 Å². The van der Waals surface area contributed by atoms with Crippen molar-refractivity contribution in [2.24, 2.45) is 0 Å². The van der Waals surface area contributed by atoms with Crippen molar-refractivity contribution in [3.05, 3.63) is 11.4 Å². The first-order valence-corrected chi connectivity index (χ1v) is 7.47. The van der Waals surface area contributed by atoms with Crippen LogP contribution in [0.25, 0.3) is 10.2 Å². The number of carbonyl (C=O) groups excluding carboxylic acids is 2. The number of rotatable bonds is 3. The van der Waals surface area contributed by atoms with Gasteiger partial charge >= 0.3 is 6.03 Å². The molecule has 0 aliphatic heterocycles. The molecule has 3 amide bonds. The number of nitrogen functional groups attached to an aromatic ring is 1. The van der Waals surface area contributed by atoms with E-state index in [1.165, 1.54) is 18.4 Å². The summed E-state index contributed by atoms with van der Waals surface area (Å²) in [4.78, 5) is 32.1. The lowest BCUT2D eigenvalue weighted by Gasteiger charge is -2.10. The number of aromatic nitrogens is 2. The summed E-state index contributed by atoms with van der Waals surface area (Å²) in [6.45, 7) is 1.67. The number of nitrogens with zero attached hydrogens (tertiary/aromatic N) is 2. The number of hydrogen-bond donors (Lipinski definition) is 3. The Morgan fingerprint density at radius 3 is 2.90 bits per heavy atom. The Morgan fingerprint density at radius 1 is 1.45 bits per heavy atom. The second-order valence-corrected chi connectivity index (χ2v) is 6.06. The monoisotopic (exact) mass is 311 g/mol. The smallest absolute Gasteiger partial charge is 0.321 e. The van der Waals surface area contributed by atoms with Gasteiger partial charge in [-0.15, -0.1) is 11.3 Å². The maximum absolute atomic E-state index is 11.7. The Balaban J connectivity index is 2.11. The van der Waals surface area contributed by atoms with Gasteiger partial charge in [-0.2, -0.15) is 0 Å². The van der Waals surface area contributed by atoms with E-state index in [4.69, 9.17) is 5.73 Å². The minimum atomic E-state index is -0.545. The number of amides is 3. The minimum Gasteiger partial charge on any atom is -0.383 e. The van der Waals surface area contributed by atoms with Crippen molar-refractivity contribution >= 4 is 51.1 Å². The van der Waals surface area contributed by atoms with E-state index in [0.717, 1.165) is 22.0 Å². The highest BCUT2D eigenvalue weighted by Gasteiger charge is 2.18. The number of nitrogens with two attached hydrogens (primary N) is 1. The van der Waals surface area contributed by atoms with Gasteiger partial charge in [0.15, 0.2) is 5.16 Å². The first-order valence-electron chi connectivity index (χ1n) is 5.71. The van der Waals surface area contributed by atoms with E-state index in [2.05, 4.69) is 20.6 Å². The Hall–Kier alpha value is -1.87. The van der Waals surface area contributed by atoms with Gasteiger partial charge in [0, 0.05) is 7.05 Å². The van der Waals surface area contributed by atoms with E-state index >= 15 is 0 Å². The molecular weight excluding hydrogens is 298 g/mol. The molecule has 0 saturated heterocycles. The fraction of sp³-hybridized carbons (Fsp3) is 0.273. The minimum absolute atomic E-state index is 0.387. The number of imide groups is 1. The van der Waals surface area contributed by atoms with Crippen LogP contribution in [0.5, 0.6) is 0 Å². The molecule has 0 bridgehead atoms. The average Bonchev–Trinajstić information content (AvgIpc) is 2.87. The van der Waals surface area contributed by atoms with Crippen LogP contribution in [0.15, 0.2) is 16.6 Å². The molecule has 1 atom stereocenters. The van der Waals surface area contributed by atoms with Gasteiger partial charge in [-0.25, -0.2) is 14.8 Å². The van der Waals surface area contributed by atoms with Gasteiger partial charge in [0.2, 0.25) is 5.91 Å². The Morgan fingerprint density at radius 2 is 2.20 bits per heavy atom. The number of thiophene rings is 1. The van der Waals surface area contributed by atoms with Crippen molar-refractivity contribution in [1.29, 1.82) is 0 Å². The van der Waals surface area contributed by atoms with Crippen molar-refractivity contribution in [3.8, 4) is 0 Å². The first-order chi connectivity index (χ1) is 9.51. The topological polar surface area (TPSA) is 110 Å². The second kappa shape index (κ2) is 6.06. The fourth-order valence-electron chi connectivity index (χ4n) is 1.40. The molecule has 9 heteroatoms. The van der Waals surface area contributed by atoms with Gasteiger partial charge in [-0.05, 0) is 18.4 Å². The van der Waals surface area contributed by atoms with Crippen LogP contribution in [-0.2, 0) is 4.79 Å². The first kappa shape index (κ1) is 14.5. The average molecular weight is 311 g/mol. The number of anilines is 1. The Labute approximate surface area is 123 Å². The molecule has 2 rings (SSSR count). The predicted octanol–water partition coefficient (Wildman–Crippen LogP) is 1.21. The molecule has 106 valence electrons. The molecule has 0 spiro atoms. The summed E-state index contributed by atoms with van der Waals surface area (Å²) in [7, 11) is 1.44. The highest BCUT2D eigenvalue weighted by molar-refractivity contribution is 8.00. The summed E-state index contributed by atoms with van der Waals surface area (Å²) in [6.07, 6.45) is 0. The Kier molecular flexibility index (Phi) is 4.40. The van der Waals surface area contributed by atoms with Crippen molar-refractivity contribution in [2.75, 3.05) is 12.8 Å². The largest absolute Gasteiger partial charge is 0.383 e. The number of urea groups is 1. The molecule has 0 aliphatic rings. The van der Waals surface area contributed by atoms with Crippen LogP contribution >= 0.6 is 23.1 Å². The number of nitrogens with one attached hydrogen (secondary N) is 2. The summed E-state index contributed by atoms with van der Waals surface area (Å²) >= 11 is 2.61. The van der Waals surface area contributed by atoms with Gasteiger partial charge in [0.25, 0.3) is 0 Å². The predicted molar refractivity (Wildman–Crippen MR) is 79.7 cm³/mol. The van der Waals surface area contributed by atoms with Crippen LogP contribution in [0.1, 0.15) is 6.92 Å². The van der Waals surface area contributed by atoms with E-state index < -0.39 is 17.2 Å². The molecule has 1 unspecified atom stereocenters.